The molecule has 1 heterocycles. The molecule has 0 aliphatic heterocycles. The lowest BCUT2D eigenvalue weighted by Gasteiger charge is -2.12. The number of hydrogen-bond acceptors (Lipinski definition) is 4. The summed E-state index contributed by atoms with van der Waals surface area (Å²) in [6, 6.07) is -0.158. The van der Waals surface area contributed by atoms with Crippen molar-refractivity contribution in [3.8, 4) is 0 Å². The summed E-state index contributed by atoms with van der Waals surface area (Å²) in [7, 11) is 0. The van der Waals surface area contributed by atoms with Crippen molar-refractivity contribution < 1.29 is 13.2 Å². The molecule has 102 valence electrons. The normalized spacial score (nSPS) is 13.4. The van der Waals surface area contributed by atoms with Crippen molar-refractivity contribution >= 4 is 21.6 Å². The van der Waals surface area contributed by atoms with Crippen LogP contribution in [0.3, 0.4) is 0 Å². The second-order valence-electron chi connectivity index (χ2n) is 3.81. The monoisotopic (exact) mass is 328 g/mol. The Hall–Kier alpha value is -1.09. The molecule has 1 aromatic rings. The van der Waals surface area contributed by atoms with E-state index in [1.165, 1.54) is 0 Å². The fourth-order valence-electron chi connectivity index (χ4n) is 1.14. The highest BCUT2D eigenvalue weighted by molar-refractivity contribution is 9.10. The minimum atomic E-state index is -4.49. The van der Waals surface area contributed by atoms with Gasteiger partial charge in [-0.2, -0.15) is 18.3 Å². The van der Waals surface area contributed by atoms with Crippen molar-refractivity contribution in [3.63, 3.8) is 0 Å². The van der Waals surface area contributed by atoms with E-state index in [0.29, 0.717) is 16.9 Å². The predicted molar refractivity (Wildman–Crippen MR) is 64.4 cm³/mol. The number of nitrogens with two attached hydrogens (primary N) is 1. The Balaban J connectivity index is 2.95. The van der Waals surface area contributed by atoms with Crippen LogP contribution in [0.1, 0.15) is 6.92 Å². The molecule has 0 aliphatic rings. The molecule has 3 N–H and O–H groups in total. The van der Waals surface area contributed by atoms with Crippen molar-refractivity contribution in [2.24, 2.45) is 5.73 Å². The number of nitrogens with zero attached hydrogens (tertiary/aromatic N) is 2. The number of alkyl halides is 3. The zero-order valence-corrected chi connectivity index (χ0v) is 11.0. The van der Waals surface area contributed by atoms with Gasteiger partial charge in [0.25, 0.3) is 5.56 Å². The second kappa shape index (κ2) is 5.70. The van der Waals surface area contributed by atoms with Gasteiger partial charge in [0, 0.05) is 12.6 Å². The first-order valence-electron chi connectivity index (χ1n) is 5.02. The predicted octanol–water partition coefficient (Wildman–Crippen LogP) is 1.33. The van der Waals surface area contributed by atoms with E-state index in [0.717, 1.165) is 6.20 Å². The van der Waals surface area contributed by atoms with Crippen LogP contribution in [-0.4, -0.2) is 28.5 Å². The maximum atomic E-state index is 12.2. The lowest BCUT2D eigenvalue weighted by molar-refractivity contribution is -0.143. The second-order valence-corrected chi connectivity index (χ2v) is 4.60. The summed E-state index contributed by atoms with van der Waals surface area (Å²) in [4.78, 5) is 11.6. The molecule has 5 nitrogen and oxygen atoms in total. The zero-order chi connectivity index (χ0) is 13.9. The molecule has 0 aliphatic carbocycles. The maximum Gasteiger partial charge on any atom is 0.408 e. The van der Waals surface area contributed by atoms with Gasteiger partial charge in [-0.25, -0.2) is 4.68 Å². The molecule has 18 heavy (non-hydrogen) atoms. The fraction of sp³-hybridized carbons (Fsp3) is 0.556. The van der Waals surface area contributed by atoms with Crippen LogP contribution in [-0.2, 0) is 6.54 Å². The third-order valence-electron chi connectivity index (χ3n) is 1.93. The Labute approximate surface area is 109 Å². The smallest absolute Gasteiger partial charge is 0.381 e. The van der Waals surface area contributed by atoms with Gasteiger partial charge in [-0.3, -0.25) is 4.79 Å². The molecule has 0 saturated heterocycles. The minimum absolute atomic E-state index is 0.00222. The third-order valence-corrected chi connectivity index (χ3v) is 2.69. The molecular weight excluding hydrogens is 317 g/mol. The Morgan fingerprint density at radius 1 is 1.61 bits per heavy atom. The Morgan fingerprint density at radius 3 is 2.72 bits per heavy atom. The molecule has 1 aromatic heterocycles. The highest BCUT2D eigenvalue weighted by atomic mass is 79.9. The molecule has 0 aromatic carbocycles. The number of nitrogens with one attached hydrogen (secondary N) is 1. The first-order chi connectivity index (χ1) is 8.20. The van der Waals surface area contributed by atoms with Crippen LogP contribution in [0.4, 0.5) is 18.9 Å². The summed E-state index contributed by atoms with van der Waals surface area (Å²) in [5, 5.41) is 6.27. The summed E-state index contributed by atoms with van der Waals surface area (Å²) >= 11 is 2.94. The molecule has 0 amide bonds. The number of halogens is 4. The van der Waals surface area contributed by atoms with Crippen LogP contribution in [0, 0.1) is 0 Å². The summed E-state index contributed by atoms with van der Waals surface area (Å²) in [5.41, 5.74) is 4.98. The fourth-order valence-corrected chi connectivity index (χ4v) is 1.59. The Bertz CT molecular complexity index is 472. The zero-order valence-electron chi connectivity index (χ0n) is 9.46. The first-order valence-corrected chi connectivity index (χ1v) is 5.82. The SMILES string of the molecule is CC(N)CNc1cnn(CC(F)(F)F)c(=O)c1Br. The number of hydrogen-bond donors (Lipinski definition) is 2. The molecule has 0 spiro atoms. The van der Waals surface area contributed by atoms with E-state index in [1.54, 1.807) is 6.92 Å². The number of anilines is 1. The summed E-state index contributed by atoms with van der Waals surface area (Å²) in [5.74, 6) is 0. The van der Waals surface area contributed by atoms with Gasteiger partial charge in [0.05, 0.1) is 11.9 Å². The van der Waals surface area contributed by atoms with Crippen molar-refractivity contribution in [2.45, 2.75) is 25.7 Å². The highest BCUT2D eigenvalue weighted by Crippen LogP contribution is 2.19. The van der Waals surface area contributed by atoms with E-state index < -0.39 is 18.3 Å². The molecule has 9 heteroatoms. The standard InChI is InChI=1S/C9H12BrF3N4O/c1-5(14)2-15-6-3-16-17(4-9(11,12)13)8(18)7(6)10/h3,5,15H,2,4,14H2,1H3. The van der Waals surface area contributed by atoms with E-state index in [1.807, 2.05) is 0 Å². The molecule has 0 saturated carbocycles. The van der Waals surface area contributed by atoms with Crippen molar-refractivity contribution in [1.82, 2.24) is 9.78 Å². The first kappa shape index (κ1) is 15.0. The largest absolute Gasteiger partial charge is 0.408 e. The maximum absolute atomic E-state index is 12.2. The van der Waals surface area contributed by atoms with E-state index in [-0.39, 0.29) is 10.5 Å². The van der Waals surface area contributed by atoms with Crippen molar-refractivity contribution in [2.75, 3.05) is 11.9 Å². The average molecular weight is 329 g/mol. The summed E-state index contributed by atoms with van der Waals surface area (Å²) in [6.07, 6.45) is -3.34. The minimum Gasteiger partial charge on any atom is -0.381 e. The van der Waals surface area contributed by atoms with E-state index >= 15 is 0 Å². The van der Waals surface area contributed by atoms with Crippen molar-refractivity contribution in [3.05, 3.63) is 21.0 Å². The molecule has 0 fully saturated rings. The Kier molecular flexibility index (Phi) is 4.74. The molecule has 0 bridgehead atoms. The van der Waals surface area contributed by atoms with Crippen LogP contribution >= 0.6 is 15.9 Å². The quantitative estimate of drug-likeness (QED) is 0.874. The van der Waals surface area contributed by atoms with Gasteiger partial charge >= 0.3 is 6.18 Å². The van der Waals surface area contributed by atoms with Gasteiger partial charge in [-0.1, -0.05) is 0 Å². The molecule has 1 atom stereocenters. The van der Waals surface area contributed by atoms with E-state index in [2.05, 4.69) is 26.3 Å². The van der Waals surface area contributed by atoms with Gasteiger partial charge in [0.15, 0.2) is 0 Å². The molecule has 0 radical (unpaired) electrons. The average Bonchev–Trinajstić information content (AvgIpc) is 2.22. The summed E-state index contributed by atoms with van der Waals surface area (Å²) in [6.45, 7) is 0.709. The van der Waals surface area contributed by atoms with Gasteiger partial charge in [0.1, 0.15) is 11.0 Å². The van der Waals surface area contributed by atoms with Gasteiger partial charge in [0.2, 0.25) is 0 Å². The van der Waals surface area contributed by atoms with Gasteiger partial charge < -0.3 is 11.1 Å². The lowest BCUT2D eigenvalue weighted by Crippen LogP contribution is -2.32. The molecule has 1 unspecified atom stereocenters. The topological polar surface area (TPSA) is 72.9 Å². The van der Waals surface area contributed by atoms with Crippen LogP contribution in [0.5, 0.6) is 0 Å². The highest BCUT2D eigenvalue weighted by Gasteiger charge is 2.29. The summed E-state index contributed by atoms with van der Waals surface area (Å²) < 4.78 is 36.8. The lowest BCUT2D eigenvalue weighted by atomic mass is 10.3. The molecular formula is C9H12BrF3N4O. The van der Waals surface area contributed by atoms with E-state index in [4.69, 9.17) is 5.73 Å². The van der Waals surface area contributed by atoms with Crippen molar-refractivity contribution in [1.29, 1.82) is 0 Å². The number of aromatic nitrogens is 2. The van der Waals surface area contributed by atoms with Gasteiger partial charge in [-0.05, 0) is 22.9 Å². The van der Waals surface area contributed by atoms with Crippen LogP contribution in [0.15, 0.2) is 15.5 Å². The van der Waals surface area contributed by atoms with Crippen LogP contribution < -0.4 is 16.6 Å². The van der Waals surface area contributed by atoms with E-state index in [9.17, 15) is 18.0 Å². The van der Waals surface area contributed by atoms with Crippen LogP contribution in [0.25, 0.3) is 0 Å². The Morgan fingerprint density at radius 2 is 2.22 bits per heavy atom. The number of rotatable bonds is 4. The molecule has 1 rings (SSSR count). The van der Waals surface area contributed by atoms with Gasteiger partial charge in [-0.15, -0.1) is 0 Å². The third kappa shape index (κ3) is 4.30. The van der Waals surface area contributed by atoms with Crippen LogP contribution in [0.2, 0.25) is 0 Å².